The van der Waals surface area contributed by atoms with Crippen LogP contribution in [0.2, 0.25) is 0 Å². The molecule has 1 aliphatic rings. The van der Waals surface area contributed by atoms with Gasteiger partial charge in [-0.05, 0) is 12.8 Å². The number of rotatable bonds is 6. The largest absolute Gasteiger partial charge is 0.476 e. The fourth-order valence-corrected chi connectivity index (χ4v) is 4.67. The smallest absolute Gasteiger partial charge is 0.355 e. The Morgan fingerprint density at radius 2 is 2.10 bits per heavy atom. The zero-order valence-electron chi connectivity index (χ0n) is 11.0. The maximum Gasteiger partial charge on any atom is 0.355 e. The first kappa shape index (κ1) is 15.4. The van der Waals surface area contributed by atoms with Gasteiger partial charge in [0.2, 0.25) is 10.0 Å². The van der Waals surface area contributed by atoms with Crippen molar-refractivity contribution in [1.82, 2.24) is 9.71 Å². The van der Waals surface area contributed by atoms with Gasteiger partial charge in [0.15, 0.2) is 5.69 Å². The first-order valence-corrected chi connectivity index (χ1v) is 9.08. The molecule has 0 saturated heterocycles. The van der Waals surface area contributed by atoms with Crippen molar-refractivity contribution >= 4 is 27.3 Å². The second-order valence-electron chi connectivity index (χ2n) is 4.88. The van der Waals surface area contributed by atoms with E-state index in [1.54, 1.807) is 0 Å². The highest BCUT2D eigenvalue weighted by Crippen LogP contribution is 2.23. The summed E-state index contributed by atoms with van der Waals surface area (Å²) in [5.41, 5.74) is 0.0140. The quantitative estimate of drug-likeness (QED) is 0.831. The molecule has 8 heteroatoms. The van der Waals surface area contributed by atoms with Crippen molar-refractivity contribution in [3.05, 3.63) is 16.1 Å². The van der Waals surface area contributed by atoms with Crippen molar-refractivity contribution in [2.45, 2.75) is 43.8 Å². The van der Waals surface area contributed by atoms with Gasteiger partial charge in [0, 0.05) is 18.3 Å². The van der Waals surface area contributed by atoms with E-state index in [-0.39, 0.29) is 17.5 Å². The van der Waals surface area contributed by atoms with E-state index in [4.69, 9.17) is 5.11 Å². The fraction of sp³-hybridized carbons (Fsp3) is 0.667. The lowest BCUT2D eigenvalue weighted by Gasteiger charge is -2.21. The average Bonchev–Trinajstić information content (AvgIpc) is 2.89. The van der Waals surface area contributed by atoms with E-state index in [0.717, 1.165) is 32.1 Å². The van der Waals surface area contributed by atoms with Crippen molar-refractivity contribution in [3.63, 3.8) is 0 Å². The van der Waals surface area contributed by atoms with E-state index in [0.29, 0.717) is 11.4 Å². The van der Waals surface area contributed by atoms with Gasteiger partial charge in [-0.2, -0.15) is 0 Å². The summed E-state index contributed by atoms with van der Waals surface area (Å²) in [6.45, 7) is 0.269. The number of carbonyl (C=O) groups is 1. The summed E-state index contributed by atoms with van der Waals surface area (Å²) in [5, 5.41) is 10.6. The Balaban J connectivity index is 1.83. The summed E-state index contributed by atoms with van der Waals surface area (Å²) in [6.07, 6.45) is 4.94. The minimum atomic E-state index is -3.25. The Labute approximate surface area is 122 Å². The standard InChI is InChI=1S/C12H18N2O4S2/c15-12(16)10-8-19-11(14-10)6-7-13-20(17,18)9-4-2-1-3-5-9/h8-9,13H,1-7H2,(H,15,16). The number of carboxylic acids is 1. The number of hydrogen-bond donors (Lipinski definition) is 2. The second-order valence-corrected chi connectivity index (χ2v) is 7.87. The molecule has 0 bridgehead atoms. The van der Waals surface area contributed by atoms with Gasteiger partial charge >= 0.3 is 5.97 Å². The highest BCUT2D eigenvalue weighted by atomic mass is 32.2. The highest BCUT2D eigenvalue weighted by molar-refractivity contribution is 7.90. The maximum atomic E-state index is 12.1. The molecule has 0 spiro atoms. The minimum absolute atomic E-state index is 0.0140. The van der Waals surface area contributed by atoms with Crippen LogP contribution < -0.4 is 4.72 Å². The van der Waals surface area contributed by atoms with Crippen LogP contribution >= 0.6 is 11.3 Å². The Morgan fingerprint density at radius 3 is 2.70 bits per heavy atom. The number of aromatic nitrogens is 1. The third-order valence-electron chi connectivity index (χ3n) is 3.40. The molecular formula is C12H18N2O4S2. The van der Waals surface area contributed by atoms with Crippen molar-refractivity contribution in [2.75, 3.05) is 6.54 Å². The molecule has 0 aromatic carbocycles. The van der Waals surface area contributed by atoms with Crippen LogP contribution in [0.3, 0.4) is 0 Å². The van der Waals surface area contributed by atoms with Crippen molar-refractivity contribution in [1.29, 1.82) is 0 Å². The van der Waals surface area contributed by atoms with Gasteiger partial charge in [0.25, 0.3) is 0 Å². The number of sulfonamides is 1. The van der Waals surface area contributed by atoms with Crippen molar-refractivity contribution < 1.29 is 18.3 Å². The molecule has 1 aromatic rings. The van der Waals surface area contributed by atoms with Crippen LogP contribution in [0.5, 0.6) is 0 Å². The molecule has 0 atom stereocenters. The normalized spacial score (nSPS) is 17.2. The first-order chi connectivity index (χ1) is 9.49. The van der Waals surface area contributed by atoms with Crippen LogP contribution in [0.15, 0.2) is 5.38 Å². The molecule has 1 saturated carbocycles. The van der Waals surface area contributed by atoms with Gasteiger partial charge in [-0.1, -0.05) is 19.3 Å². The Morgan fingerprint density at radius 1 is 1.40 bits per heavy atom. The molecule has 112 valence electrons. The van der Waals surface area contributed by atoms with Gasteiger partial charge in [-0.3, -0.25) is 0 Å². The lowest BCUT2D eigenvalue weighted by Crippen LogP contribution is -2.36. The monoisotopic (exact) mass is 318 g/mol. The van der Waals surface area contributed by atoms with Gasteiger partial charge < -0.3 is 5.11 Å². The lowest BCUT2D eigenvalue weighted by atomic mass is 10.0. The zero-order valence-corrected chi connectivity index (χ0v) is 12.7. The predicted molar refractivity (Wildman–Crippen MR) is 76.6 cm³/mol. The first-order valence-electron chi connectivity index (χ1n) is 6.65. The van der Waals surface area contributed by atoms with Gasteiger partial charge in [-0.25, -0.2) is 22.9 Å². The molecule has 1 aromatic heterocycles. The Kier molecular flexibility index (Phi) is 5.11. The number of carboxylic acid groups (broad SMARTS) is 1. The van der Waals surface area contributed by atoms with E-state index < -0.39 is 16.0 Å². The molecule has 20 heavy (non-hydrogen) atoms. The van der Waals surface area contributed by atoms with E-state index in [9.17, 15) is 13.2 Å². The van der Waals surface area contributed by atoms with Crippen molar-refractivity contribution in [3.8, 4) is 0 Å². The fourth-order valence-electron chi connectivity index (χ4n) is 2.32. The number of hydrogen-bond acceptors (Lipinski definition) is 5. The molecule has 0 radical (unpaired) electrons. The lowest BCUT2D eigenvalue weighted by molar-refractivity contribution is 0.0691. The molecule has 1 aliphatic carbocycles. The second kappa shape index (κ2) is 6.64. The SMILES string of the molecule is O=C(O)c1csc(CCNS(=O)(=O)C2CCCCC2)n1. The summed E-state index contributed by atoms with van der Waals surface area (Å²) >= 11 is 1.24. The number of nitrogens with zero attached hydrogens (tertiary/aromatic N) is 1. The maximum absolute atomic E-state index is 12.1. The summed E-state index contributed by atoms with van der Waals surface area (Å²) < 4.78 is 26.7. The van der Waals surface area contributed by atoms with Crippen LogP contribution in [-0.2, 0) is 16.4 Å². The number of nitrogens with one attached hydrogen (secondary N) is 1. The third-order valence-corrected chi connectivity index (χ3v) is 6.27. The molecule has 1 fully saturated rings. The molecule has 0 aliphatic heterocycles. The molecule has 2 rings (SSSR count). The summed E-state index contributed by atoms with van der Waals surface area (Å²) in [4.78, 5) is 14.6. The summed E-state index contributed by atoms with van der Waals surface area (Å²) in [7, 11) is -3.25. The van der Waals surface area contributed by atoms with Gasteiger partial charge in [0.05, 0.1) is 10.3 Å². The Hall–Kier alpha value is -0.990. The number of aromatic carboxylic acids is 1. The highest BCUT2D eigenvalue weighted by Gasteiger charge is 2.26. The minimum Gasteiger partial charge on any atom is -0.476 e. The van der Waals surface area contributed by atoms with Crippen LogP contribution in [0.1, 0.15) is 47.6 Å². The van der Waals surface area contributed by atoms with Crippen LogP contribution in [0.4, 0.5) is 0 Å². The van der Waals surface area contributed by atoms with Crippen LogP contribution in [0.25, 0.3) is 0 Å². The molecule has 6 nitrogen and oxygen atoms in total. The predicted octanol–water partition coefficient (Wildman–Crippen LogP) is 1.64. The molecule has 1 heterocycles. The van der Waals surface area contributed by atoms with Gasteiger partial charge in [0.1, 0.15) is 0 Å². The van der Waals surface area contributed by atoms with Crippen molar-refractivity contribution in [2.24, 2.45) is 0 Å². The summed E-state index contributed by atoms with van der Waals surface area (Å²) in [6, 6.07) is 0. The molecule has 2 N–H and O–H groups in total. The van der Waals surface area contributed by atoms with E-state index in [1.807, 2.05) is 0 Å². The van der Waals surface area contributed by atoms with Gasteiger partial charge in [-0.15, -0.1) is 11.3 Å². The van der Waals surface area contributed by atoms with Crippen LogP contribution in [0, 0.1) is 0 Å². The third kappa shape index (κ3) is 4.00. The molecule has 0 amide bonds. The molecular weight excluding hydrogens is 300 g/mol. The zero-order chi connectivity index (χ0) is 14.6. The molecule has 0 unspecified atom stereocenters. The Bertz CT molecular complexity index is 562. The number of thiazole rings is 1. The van der Waals surface area contributed by atoms with E-state index in [2.05, 4.69) is 9.71 Å². The van der Waals surface area contributed by atoms with Crippen LogP contribution in [-0.4, -0.2) is 36.3 Å². The average molecular weight is 318 g/mol. The topological polar surface area (TPSA) is 96.4 Å². The summed E-state index contributed by atoms with van der Waals surface area (Å²) in [5.74, 6) is -1.06. The van der Waals surface area contributed by atoms with E-state index in [1.165, 1.54) is 16.7 Å². The van der Waals surface area contributed by atoms with E-state index >= 15 is 0 Å².